The second-order valence-electron chi connectivity index (χ2n) is 5.63. The molecule has 0 bridgehead atoms. The first-order valence-electron chi connectivity index (χ1n) is 7.23. The summed E-state index contributed by atoms with van der Waals surface area (Å²) in [5.74, 6) is -2.40. The molecule has 1 heterocycles. The quantitative estimate of drug-likeness (QED) is 0.703. The normalized spacial score (nSPS) is 20.5. The maximum Gasteiger partial charge on any atom is 0.330 e. The molecule has 0 aromatic carbocycles. The summed E-state index contributed by atoms with van der Waals surface area (Å²) >= 11 is 0. The van der Waals surface area contributed by atoms with Crippen molar-refractivity contribution in [3.8, 4) is 0 Å². The van der Waals surface area contributed by atoms with Gasteiger partial charge in [0.15, 0.2) is 0 Å². The predicted molar refractivity (Wildman–Crippen MR) is 76.1 cm³/mol. The first kappa shape index (κ1) is 17.1. The fourth-order valence-corrected chi connectivity index (χ4v) is 2.09. The van der Waals surface area contributed by atoms with Crippen LogP contribution in [0.25, 0.3) is 0 Å². The fourth-order valence-electron chi connectivity index (χ4n) is 2.09. The van der Waals surface area contributed by atoms with Gasteiger partial charge in [0.1, 0.15) is 5.92 Å². The number of imide groups is 2. The number of rotatable bonds is 6. The molecule has 1 rings (SSSR count). The second-order valence-corrected chi connectivity index (χ2v) is 5.63. The SMILES string of the molecule is CCC(C)NC(=O)CCN1C(=O)NC(=O)C(C(C)C)C1=O. The van der Waals surface area contributed by atoms with Crippen LogP contribution < -0.4 is 10.6 Å². The summed E-state index contributed by atoms with van der Waals surface area (Å²) in [6, 6.07) is -0.702. The molecule has 1 aliphatic heterocycles. The summed E-state index contributed by atoms with van der Waals surface area (Å²) in [4.78, 5) is 48.2. The minimum Gasteiger partial charge on any atom is -0.354 e. The number of hydrogen-bond acceptors (Lipinski definition) is 4. The number of carbonyl (C=O) groups is 4. The number of nitrogens with zero attached hydrogens (tertiary/aromatic N) is 1. The van der Waals surface area contributed by atoms with Gasteiger partial charge in [0.05, 0.1) is 0 Å². The van der Waals surface area contributed by atoms with E-state index in [1.165, 1.54) is 0 Å². The Balaban J connectivity index is 2.65. The smallest absolute Gasteiger partial charge is 0.330 e. The van der Waals surface area contributed by atoms with E-state index in [-0.39, 0.29) is 30.8 Å². The molecular weight excluding hydrogens is 274 g/mol. The van der Waals surface area contributed by atoms with Crippen LogP contribution in [0.15, 0.2) is 0 Å². The third-order valence-corrected chi connectivity index (χ3v) is 3.54. The summed E-state index contributed by atoms with van der Waals surface area (Å²) in [6.45, 7) is 7.29. The Labute approximate surface area is 124 Å². The van der Waals surface area contributed by atoms with Crippen molar-refractivity contribution < 1.29 is 19.2 Å². The van der Waals surface area contributed by atoms with Crippen molar-refractivity contribution in [3.05, 3.63) is 0 Å². The van der Waals surface area contributed by atoms with Gasteiger partial charge in [-0.05, 0) is 19.3 Å². The summed E-state index contributed by atoms with van der Waals surface area (Å²) < 4.78 is 0. The lowest BCUT2D eigenvalue weighted by Crippen LogP contribution is -2.59. The lowest BCUT2D eigenvalue weighted by Gasteiger charge is -2.31. The number of nitrogens with one attached hydrogen (secondary N) is 2. The molecule has 0 aromatic rings. The summed E-state index contributed by atoms with van der Waals surface area (Å²) in [6.07, 6.45) is 0.835. The topological polar surface area (TPSA) is 95.6 Å². The van der Waals surface area contributed by atoms with E-state index in [4.69, 9.17) is 0 Å². The zero-order valence-corrected chi connectivity index (χ0v) is 12.9. The average molecular weight is 297 g/mol. The van der Waals surface area contributed by atoms with Crippen LogP contribution >= 0.6 is 0 Å². The number of carbonyl (C=O) groups excluding carboxylic acids is 4. The highest BCUT2D eigenvalue weighted by Crippen LogP contribution is 2.19. The van der Waals surface area contributed by atoms with Crippen molar-refractivity contribution in [2.45, 2.75) is 46.6 Å². The predicted octanol–water partition coefficient (Wildman–Crippen LogP) is 0.642. The van der Waals surface area contributed by atoms with Crippen LogP contribution in [0.2, 0.25) is 0 Å². The largest absolute Gasteiger partial charge is 0.354 e. The molecule has 0 saturated carbocycles. The van der Waals surface area contributed by atoms with E-state index < -0.39 is 23.8 Å². The molecule has 21 heavy (non-hydrogen) atoms. The molecule has 0 aromatic heterocycles. The molecule has 5 amide bonds. The van der Waals surface area contributed by atoms with Gasteiger partial charge < -0.3 is 5.32 Å². The van der Waals surface area contributed by atoms with Gasteiger partial charge in [0, 0.05) is 19.0 Å². The zero-order chi connectivity index (χ0) is 16.2. The zero-order valence-electron chi connectivity index (χ0n) is 12.9. The molecule has 2 unspecified atom stereocenters. The molecular formula is C14H23N3O4. The Morgan fingerprint density at radius 1 is 1.29 bits per heavy atom. The van der Waals surface area contributed by atoms with E-state index in [1.807, 2.05) is 13.8 Å². The number of hydrogen-bond donors (Lipinski definition) is 2. The number of urea groups is 1. The van der Waals surface area contributed by atoms with Gasteiger partial charge in [-0.15, -0.1) is 0 Å². The minimum absolute atomic E-state index is 0.0244. The first-order chi connectivity index (χ1) is 9.77. The van der Waals surface area contributed by atoms with Crippen molar-refractivity contribution in [1.29, 1.82) is 0 Å². The van der Waals surface area contributed by atoms with E-state index in [0.717, 1.165) is 11.3 Å². The van der Waals surface area contributed by atoms with Crippen LogP contribution in [0.5, 0.6) is 0 Å². The summed E-state index contributed by atoms with van der Waals surface area (Å²) in [5, 5.41) is 4.93. The molecule has 1 aliphatic rings. The fraction of sp³-hybridized carbons (Fsp3) is 0.714. The van der Waals surface area contributed by atoms with Gasteiger partial charge in [-0.3, -0.25) is 24.6 Å². The highest BCUT2D eigenvalue weighted by Gasteiger charge is 2.41. The first-order valence-corrected chi connectivity index (χ1v) is 7.23. The lowest BCUT2D eigenvalue weighted by atomic mass is 9.92. The Kier molecular flexibility index (Phi) is 5.87. The standard InChI is InChI=1S/C14H23N3O4/c1-5-9(4)15-10(18)6-7-17-13(20)11(8(2)3)12(19)16-14(17)21/h8-9,11H,5-7H2,1-4H3,(H,15,18)(H,16,19,21). The molecule has 7 heteroatoms. The number of amides is 5. The molecule has 0 spiro atoms. The number of barbiturate groups is 1. The Bertz CT molecular complexity index is 448. The molecule has 1 fully saturated rings. The Morgan fingerprint density at radius 3 is 2.43 bits per heavy atom. The van der Waals surface area contributed by atoms with Crippen molar-refractivity contribution in [3.63, 3.8) is 0 Å². The van der Waals surface area contributed by atoms with Gasteiger partial charge in [0.2, 0.25) is 17.7 Å². The molecule has 1 saturated heterocycles. The molecule has 2 N–H and O–H groups in total. The van der Waals surface area contributed by atoms with Crippen molar-refractivity contribution in [1.82, 2.24) is 15.5 Å². The molecule has 0 aliphatic carbocycles. The van der Waals surface area contributed by atoms with Gasteiger partial charge in [0.25, 0.3) is 0 Å². The van der Waals surface area contributed by atoms with Crippen LogP contribution in [-0.4, -0.2) is 41.2 Å². The van der Waals surface area contributed by atoms with Gasteiger partial charge in [-0.1, -0.05) is 20.8 Å². The Hall–Kier alpha value is -1.92. The van der Waals surface area contributed by atoms with Crippen LogP contribution in [0, 0.1) is 11.8 Å². The van der Waals surface area contributed by atoms with Gasteiger partial charge >= 0.3 is 6.03 Å². The van der Waals surface area contributed by atoms with E-state index in [2.05, 4.69) is 10.6 Å². The molecule has 7 nitrogen and oxygen atoms in total. The minimum atomic E-state index is -0.875. The maximum atomic E-state index is 12.2. The van der Waals surface area contributed by atoms with Crippen LogP contribution in [-0.2, 0) is 14.4 Å². The van der Waals surface area contributed by atoms with E-state index >= 15 is 0 Å². The van der Waals surface area contributed by atoms with E-state index in [9.17, 15) is 19.2 Å². The maximum absolute atomic E-state index is 12.2. The van der Waals surface area contributed by atoms with Crippen molar-refractivity contribution in [2.24, 2.45) is 11.8 Å². The van der Waals surface area contributed by atoms with Gasteiger partial charge in [-0.2, -0.15) is 0 Å². The van der Waals surface area contributed by atoms with E-state index in [0.29, 0.717) is 0 Å². The Morgan fingerprint density at radius 2 is 1.90 bits per heavy atom. The average Bonchev–Trinajstić information content (AvgIpc) is 2.37. The van der Waals surface area contributed by atoms with Crippen LogP contribution in [0.3, 0.4) is 0 Å². The summed E-state index contributed by atoms with van der Waals surface area (Å²) in [7, 11) is 0. The third-order valence-electron chi connectivity index (χ3n) is 3.54. The molecule has 0 radical (unpaired) electrons. The van der Waals surface area contributed by atoms with Gasteiger partial charge in [-0.25, -0.2) is 4.79 Å². The van der Waals surface area contributed by atoms with Crippen molar-refractivity contribution >= 4 is 23.8 Å². The molecule has 2 atom stereocenters. The second kappa shape index (κ2) is 7.19. The highest BCUT2D eigenvalue weighted by atomic mass is 16.2. The van der Waals surface area contributed by atoms with Crippen LogP contribution in [0.4, 0.5) is 4.79 Å². The third kappa shape index (κ3) is 4.27. The van der Waals surface area contributed by atoms with E-state index in [1.54, 1.807) is 13.8 Å². The lowest BCUT2D eigenvalue weighted by molar-refractivity contribution is -0.144. The van der Waals surface area contributed by atoms with Crippen molar-refractivity contribution in [2.75, 3.05) is 6.54 Å². The summed E-state index contributed by atoms with van der Waals surface area (Å²) in [5.41, 5.74) is 0. The molecule has 118 valence electrons. The monoisotopic (exact) mass is 297 g/mol. The van der Waals surface area contributed by atoms with Crippen LogP contribution in [0.1, 0.15) is 40.5 Å². The highest BCUT2D eigenvalue weighted by molar-refractivity contribution is 6.16.